The molecule has 0 heterocycles. The molecule has 2 amide bonds. The molecule has 0 aromatic heterocycles. The topological polar surface area (TPSA) is 84.0 Å². The van der Waals surface area contributed by atoms with Crippen LogP contribution in [0.25, 0.3) is 5.73 Å². The second kappa shape index (κ2) is 3.72. The molecule has 0 bridgehead atoms. The van der Waals surface area contributed by atoms with E-state index < -0.39 is 11.8 Å². The molecular formula is C2H3LiN2O2. The number of rotatable bonds is 0. The summed E-state index contributed by atoms with van der Waals surface area (Å²) in [6, 6.07) is 0. The first-order chi connectivity index (χ1) is 2.64. The molecular weight excluding hydrogens is 91.0 g/mol. The molecule has 4 nitrogen and oxygen atoms in total. The Balaban J connectivity index is 0. The zero-order valence-corrected chi connectivity index (χ0v) is 3.89. The summed E-state index contributed by atoms with van der Waals surface area (Å²) in [6.45, 7) is 0. The molecule has 0 aliphatic heterocycles. The Morgan fingerprint density at radius 1 is 1.43 bits per heavy atom. The largest absolute Gasteiger partial charge is 1.00 e. The average molecular weight is 94.0 g/mol. The maximum atomic E-state index is 9.38. The van der Waals surface area contributed by atoms with Crippen LogP contribution in [0.4, 0.5) is 0 Å². The van der Waals surface area contributed by atoms with Crippen LogP contribution in [0.3, 0.4) is 0 Å². The Morgan fingerprint density at radius 2 is 1.57 bits per heavy atom. The van der Waals surface area contributed by atoms with Crippen molar-refractivity contribution in [2.24, 2.45) is 5.73 Å². The normalized spacial score (nSPS) is 6.29. The molecule has 0 aromatic rings. The van der Waals surface area contributed by atoms with Gasteiger partial charge in [-0.1, -0.05) is 0 Å². The zero-order valence-electron chi connectivity index (χ0n) is 3.89. The van der Waals surface area contributed by atoms with E-state index in [-0.39, 0.29) is 18.9 Å². The molecule has 0 saturated carbocycles. The zero-order chi connectivity index (χ0) is 5.15. The molecule has 0 rings (SSSR count). The third-order valence-corrected chi connectivity index (χ3v) is 0.224. The van der Waals surface area contributed by atoms with E-state index in [1.165, 1.54) is 0 Å². The minimum absolute atomic E-state index is 0. The molecule has 0 spiro atoms. The summed E-state index contributed by atoms with van der Waals surface area (Å²) in [7, 11) is 0. The van der Waals surface area contributed by atoms with Crippen molar-refractivity contribution in [1.82, 2.24) is 0 Å². The van der Waals surface area contributed by atoms with Crippen LogP contribution in [-0.2, 0) is 9.59 Å². The summed E-state index contributed by atoms with van der Waals surface area (Å²) in [5, 5.41) is 0. The average Bonchev–Trinajstić information content (AvgIpc) is 1.36. The van der Waals surface area contributed by atoms with Crippen LogP contribution in [0.5, 0.6) is 0 Å². The van der Waals surface area contributed by atoms with E-state index in [1.54, 1.807) is 0 Å². The fraction of sp³-hybridized carbons (Fsp3) is 0. The van der Waals surface area contributed by atoms with E-state index in [0.717, 1.165) is 0 Å². The standard InChI is InChI=1S/C2H4N2O2.Li/c3-1(5)2(4)6;/h(H4,3,4,5,6);/q;+1/p-1. The van der Waals surface area contributed by atoms with Gasteiger partial charge in [0.25, 0.3) is 5.91 Å². The van der Waals surface area contributed by atoms with Crippen molar-refractivity contribution in [3.63, 3.8) is 0 Å². The van der Waals surface area contributed by atoms with Gasteiger partial charge >= 0.3 is 18.9 Å². The summed E-state index contributed by atoms with van der Waals surface area (Å²) < 4.78 is 0. The molecule has 0 aliphatic rings. The molecule has 34 valence electrons. The first-order valence-electron chi connectivity index (χ1n) is 1.20. The SMILES string of the molecule is [Li+].[NH-]C(=O)C(N)=O. The number of amides is 2. The maximum Gasteiger partial charge on any atom is 1.00 e. The molecule has 0 radical (unpaired) electrons. The van der Waals surface area contributed by atoms with Crippen LogP contribution >= 0.6 is 0 Å². The molecule has 0 saturated heterocycles. The van der Waals surface area contributed by atoms with Crippen molar-refractivity contribution in [3.8, 4) is 0 Å². The van der Waals surface area contributed by atoms with Crippen molar-refractivity contribution in [1.29, 1.82) is 0 Å². The monoisotopic (exact) mass is 94.0 g/mol. The number of hydrogen-bond acceptors (Lipinski definition) is 2. The van der Waals surface area contributed by atoms with Crippen molar-refractivity contribution < 1.29 is 28.4 Å². The molecule has 0 aliphatic carbocycles. The number of nitrogens with one attached hydrogen (secondary N) is 1. The Bertz CT molecular complexity index is 79.7. The van der Waals surface area contributed by atoms with Crippen LogP contribution in [0.1, 0.15) is 0 Å². The summed E-state index contributed by atoms with van der Waals surface area (Å²) in [4.78, 5) is 18.7. The van der Waals surface area contributed by atoms with Crippen LogP contribution in [0.15, 0.2) is 0 Å². The van der Waals surface area contributed by atoms with Crippen LogP contribution in [0.2, 0.25) is 0 Å². The van der Waals surface area contributed by atoms with Crippen molar-refractivity contribution in [3.05, 3.63) is 5.73 Å². The predicted octanol–water partition coefficient (Wildman–Crippen LogP) is -3.95. The van der Waals surface area contributed by atoms with Gasteiger partial charge in [0.05, 0.1) is 0 Å². The maximum absolute atomic E-state index is 9.38. The van der Waals surface area contributed by atoms with Gasteiger partial charge in [0.1, 0.15) is 5.91 Å². The van der Waals surface area contributed by atoms with Gasteiger partial charge in [-0.2, -0.15) is 0 Å². The Labute approximate surface area is 52.4 Å². The fourth-order valence-electron chi connectivity index (χ4n) is 0. The summed E-state index contributed by atoms with van der Waals surface area (Å²) in [5.74, 6) is -2.56. The van der Waals surface area contributed by atoms with E-state index in [1.807, 2.05) is 0 Å². The van der Waals surface area contributed by atoms with Crippen molar-refractivity contribution in [2.75, 3.05) is 0 Å². The van der Waals surface area contributed by atoms with Crippen molar-refractivity contribution >= 4 is 11.8 Å². The van der Waals surface area contributed by atoms with E-state index in [4.69, 9.17) is 5.73 Å². The van der Waals surface area contributed by atoms with Gasteiger partial charge in [-0.3, -0.25) is 4.79 Å². The smallest absolute Gasteiger partial charge is 0.659 e. The third-order valence-electron chi connectivity index (χ3n) is 0.224. The van der Waals surface area contributed by atoms with E-state index in [0.29, 0.717) is 0 Å². The molecule has 0 atom stereocenters. The number of carbonyl (C=O) groups is 2. The van der Waals surface area contributed by atoms with E-state index in [2.05, 4.69) is 5.73 Å². The summed E-state index contributed by atoms with van der Waals surface area (Å²) in [5.41, 5.74) is 10.2. The Kier molecular flexibility index (Phi) is 5.17. The second-order valence-electron chi connectivity index (χ2n) is 0.693. The Morgan fingerprint density at radius 3 is 1.57 bits per heavy atom. The summed E-state index contributed by atoms with van der Waals surface area (Å²) >= 11 is 0. The van der Waals surface area contributed by atoms with Gasteiger partial charge < -0.3 is 16.3 Å². The first-order valence-corrected chi connectivity index (χ1v) is 1.20. The van der Waals surface area contributed by atoms with Crippen molar-refractivity contribution in [2.45, 2.75) is 0 Å². The van der Waals surface area contributed by atoms with Gasteiger partial charge in [0, 0.05) is 0 Å². The fourth-order valence-corrected chi connectivity index (χ4v) is 0. The predicted molar refractivity (Wildman–Crippen MR) is 18.5 cm³/mol. The van der Waals surface area contributed by atoms with Crippen LogP contribution < -0.4 is 24.6 Å². The van der Waals surface area contributed by atoms with Crippen LogP contribution in [0, 0.1) is 0 Å². The molecule has 0 aromatic carbocycles. The van der Waals surface area contributed by atoms with Gasteiger partial charge in [-0.25, -0.2) is 0 Å². The van der Waals surface area contributed by atoms with E-state index in [9.17, 15) is 9.59 Å². The van der Waals surface area contributed by atoms with Gasteiger partial charge in [0.15, 0.2) is 0 Å². The number of carbonyl (C=O) groups excluding carboxylic acids is 2. The Hall–Kier alpha value is -0.463. The minimum atomic E-state index is -1.35. The minimum Gasteiger partial charge on any atom is -0.659 e. The van der Waals surface area contributed by atoms with E-state index >= 15 is 0 Å². The van der Waals surface area contributed by atoms with Gasteiger partial charge in [0.2, 0.25) is 0 Å². The van der Waals surface area contributed by atoms with Gasteiger partial charge in [-0.15, -0.1) is 0 Å². The molecule has 0 unspecified atom stereocenters. The molecule has 7 heavy (non-hydrogen) atoms. The number of nitrogens with two attached hydrogens (primary N) is 1. The third kappa shape index (κ3) is 5.54. The summed E-state index contributed by atoms with van der Waals surface area (Å²) in [6.07, 6.45) is 0. The molecule has 0 fully saturated rings. The number of hydrogen-bond donors (Lipinski definition) is 1. The second-order valence-corrected chi connectivity index (χ2v) is 0.693. The molecule has 5 heteroatoms. The first kappa shape index (κ1) is 9.74. The van der Waals surface area contributed by atoms with Crippen LogP contribution in [-0.4, -0.2) is 11.8 Å². The molecule has 3 N–H and O–H groups in total. The number of primary amides is 1. The van der Waals surface area contributed by atoms with Gasteiger partial charge in [-0.05, 0) is 0 Å². The quantitative estimate of drug-likeness (QED) is 0.245.